The molecule has 0 spiro atoms. The first-order chi connectivity index (χ1) is 14.0. The molecule has 0 atom stereocenters. The van der Waals surface area contributed by atoms with Crippen molar-refractivity contribution in [2.24, 2.45) is 0 Å². The Kier molecular flexibility index (Phi) is 6.76. The highest BCUT2D eigenvalue weighted by atomic mass is 32.1. The van der Waals surface area contributed by atoms with E-state index in [1.165, 1.54) is 0 Å². The van der Waals surface area contributed by atoms with Crippen LogP contribution in [0.5, 0.6) is 5.75 Å². The van der Waals surface area contributed by atoms with Gasteiger partial charge < -0.3 is 10.1 Å². The summed E-state index contributed by atoms with van der Waals surface area (Å²) in [6.45, 7) is 1.76. The molecule has 6 nitrogen and oxygen atoms in total. The fourth-order valence-corrected chi connectivity index (χ4v) is 3.00. The highest BCUT2D eigenvalue weighted by Gasteiger charge is 2.09. The van der Waals surface area contributed by atoms with Gasteiger partial charge in [-0.05, 0) is 53.2 Å². The van der Waals surface area contributed by atoms with Crippen molar-refractivity contribution in [2.75, 3.05) is 6.61 Å². The summed E-state index contributed by atoms with van der Waals surface area (Å²) in [5, 5.41) is 4.66. The normalized spacial score (nSPS) is 10.2. The lowest BCUT2D eigenvalue weighted by molar-refractivity contribution is -0.124. The van der Waals surface area contributed by atoms with Gasteiger partial charge in [0.1, 0.15) is 5.75 Å². The third-order valence-corrected chi connectivity index (χ3v) is 4.36. The van der Waals surface area contributed by atoms with Crippen molar-refractivity contribution in [2.45, 2.75) is 13.3 Å². The number of carbonyl (C=O) groups is 2. The van der Waals surface area contributed by atoms with Crippen LogP contribution in [0, 0.1) is 6.92 Å². The van der Waals surface area contributed by atoms with Crippen LogP contribution in [0.3, 0.4) is 0 Å². The summed E-state index contributed by atoms with van der Waals surface area (Å²) in [5.41, 5.74) is 6.84. The Labute approximate surface area is 174 Å². The Morgan fingerprint density at radius 3 is 2.52 bits per heavy atom. The lowest BCUT2D eigenvalue weighted by Gasteiger charge is -2.12. The van der Waals surface area contributed by atoms with Crippen LogP contribution in [0.4, 0.5) is 0 Å². The van der Waals surface area contributed by atoms with Crippen molar-refractivity contribution in [3.05, 3.63) is 77.9 Å². The van der Waals surface area contributed by atoms with Crippen LogP contribution in [-0.2, 0) is 16.0 Å². The topological polar surface area (TPSA) is 79.5 Å². The standard InChI is InChI=1S/C22H21N3O3S/c1-15-6-4-10-18(12-15)28-14-21(27)24-25-22(29)23-20(26)13-17-9-5-8-16-7-2-3-11-19(16)17/h2-12H,13-14H2,1H3,(H,24,27)(H2,23,25,26,29). The third-order valence-electron chi connectivity index (χ3n) is 4.16. The van der Waals surface area contributed by atoms with Crippen molar-refractivity contribution in [3.8, 4) is 5.75 Å². The number of amides is 2. The van der Waals surface area contributed by atoms with Crippen LogP contribution >= 0.6 is 12.2 Å². The monoisotopic (exact) mass is 407 g/mol. The first kappa shape index (κ1) is 20.3. The smallest absolute Gasteiger partial charge is 0.276 e. The average molecular weight is 407 g/mol. The van der Waals surface area contributed by atoms with Gasteiger partial charge in [-0.1, -0.05) is 54.6 Å². The Morgan fingerprint density at radius 1 is 0.931 bits per heavy atom. The van der Waals surface area contributed by atoms with E-state index >= 15 is 0 Å². The van der Waals surface area contributed by atoms with Gasteiger partial charge in [-0.3, -0.25) is 20.4 Å². The summed E-state index contributed by atoms with van der Waals surface area (Å²) in [6.07, 6.45) is 0.174. The number of fused-ring (bicyclic) bond motifs is 1. The minimum absolute atomic E-state index is 0.0131. The van der Waals surface area contributed by atoms with E-state index in [9.17, 15) is 9.59 Å². The molecule has 0 radical (unpaired) electrons. The maximum Gasteiger partial charge on any atom is 0.276 e. The number of aryl methyl sites for hydroxylation is 1. The van der Waals surface area contributed by atoms with E-state index in [0.29, 0.717) is 5.75 Å². The molecule has 0 unspecified atom stereocenters. The largest absolute Gasteiger partial charge is 0.484 e. The number of hydrogen-bond donors (Lipinski definition) is 3. The van der Waals surface area contributed by atoms with Crippen LogP contribution in [0.25, 0.3) is 10.8 Å². The molecule has 0 aromatic heterocycles. The molecule has 0 bridgehead atoms. The van der Waals surface area contributed by atoms with E-state index in [1.54, 1.807) is 6.07 Å². The summed E-state index contributed by atoms with van der Waals surface area (Å²) in [5.74, 6) is -0.0904. The maximum absolute atomic E-state index is 12.3. The molecule has 29 heavy (non-hydrogen) atoms. The van der Waals surface area contributed by atoms with Gasteiger partial charge in [-0.15, -0.1) is 0 Å². The number of carbonyl (C=O) groups excluding carboxylic acids is 2. The van der Waals surface area contributed by atoms with Crippen molar-refractivity contribution < 1.29 is 14.3 Å². The number of hydrogen-bond acceptors (Lipinski definition) is 4. The molecule has 3 N–H and O–H groups in total. The van der Waals surface area contributed by atoms with E-state index in [2.05, 4.69) is 16.2 Å². The molecule has 0 saturated carbocycles. The predicted octanol–water partition coefficient (Wildman–Crippen LogP) is 2.79. The van der Waals surface area contributed by atoms with Crippen molar-refractivity contribution in [1.82, 2.24) is 16.2 Å². The lowest BCUT2D eigenvalue weighted by Crippen LogP contribution is -2.49. The van der Waals surface area contributed by atoms with E-state index in [0.717, 1.165) is 21.9 Å². The quantitative estimate of drug-likeness (QED) is 0.448. The van der Waals surface area contributed by atoms with Gasteiger partial charge in [0, 0.05) is 0 Å². The van der Waals surface area contributed by atoms with Crippen LogP contribution < -0.4 is 20.9 Å². The second-order valence-electron chi connectivity index (χ2n) is 6.47. The van der Waals surface area contributed by atoms with Gasteiger partial charge in [-0.25, -0.2) is 0 Å². The molecule has 0 aliphatic carbocycles. The molecule has 2 amide bonds. The van der Waals surface area contributed by atoms with Gasteiger partial charge in [-0.2, -0.15) is 0 Å². The molecule has 0 heterocycles. The SMILES string of the molecule is Cc1cccc(OCC(=O)NNC(=S)NC(=O)Cc2cccc3ccccc23)c1. The van der Waals surface area contributed by atoms with Crippen molar-refractivity contribution in [3.63, 3.8) is 0 Å². The predicted molar refractivity (Wildman–Crippen MR) is 116 cm³/mol. The molecular formula is C22H21N3O3S. The van der Waals surface area contributed by atoms with Gasteiger partial charge >= 0.3 is 0 Å². The Morgan fingerprint density at radius 2 is 1.69 bits per heavy atom. The summed E-state index contributed by atoms with van der Waals surface area (Å²) in [4.78, 5) is 24.1. The van der Waals surface area contributed by atoms with Crippen molar-refractivity contribution in [1.29, 1.82) is 0 Å². The maximum atomic E-state index is 12.3. The van der Waals surface area contributed by atoms with Crippen LogP contribution in [0.15, 0.2) is 66.7 Å². The first-order valence-corrected chi connectivity index (χ1v) is 9.47. The second kappa shape index (κ2) is 9.66. The number of rotatable bonds is 5. The highest BCUT2D eigenvalue weighted by molar-refractivity contribution is 7.80. The van der Waals surface area contributed by atoms with Gasteiger partial charge in [0.25, 0.3) is 5.91 Å². The summed E-state index contributed by atoms with van der Waals surface area (Å²) < 4.78 is 5.40. The van der Waals surface area contributed by atoms with Crippen LogP contribution in [-0.4, -0.2) is 23.5 Å². The molecule has 3 rings (SSSR count). The summed E-state index contributed by atoms with van der Waals surface area (Å²) in [7, 11) is 0. The van der Waals surface area contributed by atoms with E-state index in [-0.39, 0.29) is 24.0 Å². The number of ether oxygens (including phenoxy) is 1. The van der Waals surface area contributed by atoms with E-state index in [4.69, 9.17) is 17.0 Å². The molecule has 0 aliphatic heterocycles. The molecule has 3 aromatic carbocycles. The molecule has 0 saturated heterocycles. The molecule has 148 valence electrons. The number of hydrazine groups is 1. The molecular weight excluding hydrogens is 386 g/mol. The summed E-state index contributed by atoms with van der Waals surface area (Å²) in [6, 6.07) is 21.1. The zero-order valence-electron chi connectivity index (χ0n) is 15.9. The van der Waals surface area contributed by atoms with Gasteiger partial charge in [0.05, 0.1) is 6.42 Å². The Hall–Kier alpha value is -3.45. The zero-order valence-corrected chi connectivity index (χ0v) is 16.7. The first-order valence-electron chi connectivity index (χ1n) is 9.06. The molecule has 7 heteroatoms. The van der Waals surface area contributed by atoms with E-state index in [1.807, 2.05) is 67.6 Å². The van der Waals surface area contributed by atoms with Crippen molar-refractivity contribution >= 4 is 39.9 Å². The van der Waals surface area contributed by atoms with Crippen LogP contribution in [0.2, 0.25) is 0 Å². The number of benzene rings is 3. The molecule has 0 fully saturated rings. The second-order valence-corrected chi connectivity index (χ2v) is 6.88. The average Bonchev–Trinajstić information content (AvgIpc) is 2.71. The molecule has 0 aliphatic rings. The molecule has 3 aromatic rings. The Balaban J connectivity index is 1.44. The van der Waals surface area contributed by atoms with E-state index < -0.39 is 5.91 Å². The summed E-state index contributed by atoms with van der Waals surface area (Å²) >= 11 is 5.06. The fraction of sp³-hybridized carbons (Fsp3) is 0.136. The lowest BCUT2D eigenvalue weighted by atomic mass is 10.0. The van der Waals surface area contributed by atoms with Gasteiger partial charge in [0.15, 0.2) is 11.7 Å². The minimum Gasteiger partial charge on any atom is -0.484 e. The number of thiocarbonyl (C=S) groups is 1. The Bertz CT molecular complexity index is 1050. The fourth-order valence-electron chi connectivity index (χ4n) is 2.84. The minimum atomic E-state index is -0.419. The van der Waals surface area contributed by atoms with Crippen LogP contribution in [0.1, 0.15) is 11.1 Å². The zero-order chi connectivity index (χ0) is 20.6. The van der Waals surface area contributed by atoms with Gasteiger partial charge in [0.2, 0.25) is 5.91 Å². The number of nitrogens with one attached hydrogen (secondary N) is 3. The highest BCUT2D eigenvalue weighted by Crippen LogP contribution is 2.18. The third kappa shape index (κ3) is 6.02.